The Kier molecular flexibility index (Phi) is 4.37. The summed E-state index contributed by atoms with van der Waals surface area (Å²) in [4.78, 5) is 0. The largest absolute Gasteiger partial charge is 0.462 e. The molecule has 3 rings (SSSR count). The number of ether oxygens (including phenoxy) is 1. The Morgan fingerprint density at radius 1 is 1.18 bits per heavy atom. The molecule has 1 fully saturated rings. The second-order valence-corrected chi connectivity index (χ2v) is 6.71. The van der Waals surface area contributed by atoms with Crippen LogP contribution in [0.2, 0.25) is 0 Å². The number of hydrogen-bond acceptors (Lipinski definition) is 1. The summed E-state index contributed by atoms with van der Waals surface area (Å²) in [6, 6.07) is 0. The molecule has 0 aromatic rings. The van der Waals surface area contributed by atoms with E-state index in [9.17, 15) is 13.2 Å². The molecule has 3 aliphatic carbocycles. The Morgan fingerprint density at radius 3 is 2.59 bits per heavy atom. The maximum atomic E-state index is 12.8. The van der Waals surface area contributed by atoms with Crippen LogP contribution in [-0.2, 0) is 4.74 Å². The van der Waals surface area contributed by atoms with Crippen molar-refractivity contribution in [1.82, 2.24) is 0 Å². The third kappa shape index (κ3) is 3.58. The van der Waals surface area contributed by atoms with Gasteiger partial charge in [0.05, 0.1) is 5.92 Å². The Hall–Kier alpha value is -1.19. The number of hydrogen-bond donors (Lipinski definition) is 0. The van der Waals surface area contributed by atoms with Gasteiger partial charge in [-0.3, -0.25) is 0 Å². The number of rotatable bonds is 4. The summed E-state index contributed by atoms with van der Waals surface area (Å²) < 4.78 is 44.2. The minimum absolute atomic E-state index is 0.0119. The van der Waals surface area contributed by atoms with E-state index in [1.165, 1.54) is 25.3 Å². The van der Waals surface area contributed by atoms with Gasteiger partial charge < -0.3 is 4.74 Å². The van der Waals surface area contributed by atoms with Crippen LogP contribution in [0.1, 0.15) is 45.4 Å². The van der Waals surface area contributed by atoms with Crippen molar-refractivity contribution in [2.75, 3.05) is 0 Å². The van der Waals surface area contributed by atoms with Crippen LogP contribution < -0.4 is 0 Å². The molecule has 122 valence electrons. The molecule has 0 spiro atoms. The minimum Gasteiger partial charge on any atom is -0.462 e. The lowest BCUT2D eigenvalue weighted by Crippen LogP contribution is -2.23. The zero-order valence-corrected chi connectivity index (χ0v) is 12.9. The number of halogens is 3. The maximum absolute atomic E-state index is 12.8. The molecule has 4 heteroatoms. The van der Waals surface area contributed by atoms with Gasteiger partial charge in [0, 0.05) is 6.42 Å². The first-order chi connectivity index (χ1) is 10.5. The highest BCUT2D eigenvalue weighted by molar-refractivity contribution is 5.22. The van der Waals surface area contributed by atoms with E-state index in [0.29, 0.717) is 17.6 Å². The highest BCUT2D eigenvalue weighted by atomic mass is 19.4. The second-order valence-electron chi connectivity index (χ2n) is 6.71. The quantitative estimate of drug-likeness (QED) is 0.641. The molecule has 0 aromatic carbocycles. The predicted molar refractivity (Wildman–Crippen MR) is 79.8 cm³/mol. The SMILES string of the molecule is CCC1CCC(OC2=CC(C(F)(F)F)CC=C2)=CC1C1CC1. The zero-order chi connectivity index (χ0) is 15.7. The molecule has 1 saturated carbocycles. The third-order valence-electron chi connectivity index (χ3n) is 5.08. The van der Waals surface area contributed by atoms with Crippen molar-refractivity contribution < 1.29 is 17.9 Å². The van der Waals surface area contributed by atoms with Gasteiger partial charge in [-0.05, 0) is 61.7 Å². The standard InChI is InChI=1S/C18H23F3O/c1-2-12-8-9-16(11-17(12)13-6-7-13)22-15-5-3-4-14(10-15)18(19,20)21/h3,5,10-14,17H,2,4,6-9H2,1H3. The van der Waals surface area contributed by atoms with Crippen LogP contribution in [0.3, 0.4) is 0 Å². The average molecular weight is 312 g/mol. The highest BCUT2D eigenvalue weighted by Crippen LogP contribution is 2.47. The Morgan fingerprint density at radius 2 is 1.95 bits per heavy atom. The molecule has 0 amide bonds. The summed E-state index contributed by atoms with van der Waals surface area (Å²) in [5.74, 6) is 1.82. The van der Waals surface area contributed by atoms with Gasteiger partial charge in [-0.2, -0.15) is 13.2 Å². The minimum atomic E-state index is -4.19. The van der Waals surface area contributed by atoms with Crippen LogP contribution in [0.15, 0.2) is 35.8 Å². The first kappa shape index (κ1) is 15.7. The fourth-order valence-corrected chi connectivity index (χ4v) is 3.62. The van der Waals surface area contributed by atoms with Gasteiger partial charge in [0.25, 0.3) is 0 Å². The van der Waals surface area contributed by atoms with Crippen molar-refractivity contribution in [3.05, 3.63) is 35.8 Å². The molecule has 0 radical (unpaired) electrons. The van der Waals surface area contributed by atoms with Crippen LogP contribution >= 0.6 is 0 Å². The van der Waals surface area contributed by atoms with Crippen LogP contribution in [0, 0.1) is 23.7 Å². The highest BCUT2D eigenvalue weighted by Gasteiger charge is 2.39. The smallest absolute Gasteiger partial charge is 0.395 e. The van der Waals surface area contributed by atoms with Crippen molar-refractivity contribution in [1.29, 1.82) is 0 Å². The first-order valence-corrected chi connectivity index (χ1v) is 8.31. The van der Waals surface area contributed by atoms with Crippen LogP contribution in [0.5, 0.6) is 0 Å². The Bertz CT molecular complexity index is 497. The number of allylic oxidation sites excluding steroid dienone is 5. The lowest BCUT2D eigenvalue weighted by atomic mass is 9.78. The molecule has 0 heterocycles. The van der Waals surface area contributed by atoms with E-state index >= 15 is 0 Å². The van der Waals surface area contributed by atoms with E-state index in [-0.39, 0.29) is 6.42 Å². The van der Waals surface area contributed by atoms with Gasteiger partial charge in [-0.25, -0.2) is 0 Å². The lowest BCUT2D eigenvalue weighted by Gasteiger charge is -2.30. The van der Waals surface area contributed by atoms with Gasteiger partial charge in [-0.1, -0.05) is 19.4 Å². The topological polar surface area (TPSA) is 9.23 Å². The summed E-state index contributed by atoms with van der Waals surface area (Å²) in [5.41, 5.74) is 0. The van der Waals surface area contributed by atoms with Crippen LogP contribution in [0.25, 0.3) is 0 Å². The average Bonchev–Trinajstić information content (AvgIpc) is 3.31. The van der Waals surface area contributed by atoms with Crippen molar-refractivity contribution in [3.63, 3.8) is 0 Å². The summed E-state index contributed by atoms with van der Waals surface area (Å²) in [7, 11) is 0. The molecule has 0 aromatic heterocycles. The fourth-order valence-electron chi connectivity index (χ4n) is 3.62. The van der Waals surface area contributed by atoms with E-state index in [1.54, 1.807) is 12.2 Å². The second kappa shape index (κ2) is 6.13. The molecular weight excluding hydrogens is 289 g/mol. The van der Waals surface area contributed by atoms with Crippen LogP contribution in [-0.4, -0.2) is 6.18 Å². The summed E-state index contributed by atoms with van der Waals surface area (Å²) >= 11 is 0. The van der Waals surface area contributed by atoms with Gasteiger partial charge in [0.2, 0.25) is 0 Å². The first-order valence-electron chi connectivity index (χ1n) is 8.31. The Balaban J connectivity index is 1.70. The maximum Gasteiger partial charge on any atom is 0.395 e. The fraction of sp³-hybridized carbons (Fsp3) is 0.667. The van der Waals surface area contributed by atoms with E-state index in [2.05, 4.69) is 13.0 Å². The number of alkyl halides is 3. The molecule has 3 atom stereocenters. The molecular formula is C18H23F3O. The van der Waals surface area contributed by atoms with Gasteiger partial charge in [-0.15, -0.1) is 0 Å². The molecule has 3 unspecified atom stereocenters. The van der Waals surface area contributed by atoms with Crippen molar-refractivity contribution in [3.8, 4) is 0 Å². The normalized spacial score (nSPS) is 32.5. The van der Waals surface area contributed by atoms with E-state index in [0.717, 1.165) is 24.5 Å². The Labute approximate surface area is 129 Å². The van der Waals surface area contributed by atoms with Crippen molar-refractivity contribution >= 4 is 0 Å². The van der Waals surface area contributed by atoms with E-state index in [4.69, 9.17) is 4.74 Å². The van der Waals surface area contributed by atoms with Gasteiger partial charge in [0.15, 0.2) is 0 Å². The van der Waals surface area contributed by atoms with E-state index < -0.39 is 12.1 Å². The molecule has 1 nitrogen and oxygen atoms in total. The summed E-state index contributed by atoms with van der Waals surface area (Å²) in [5, 5.41) is 0. The molecule has 22 heavy (non-hydrogen) atoms. The van der Waals surface area contributed by atoms with Crippen molar-refractivity contribution in [2.24, 2.45) is 23.7 Å². The predicted octanol–water partition coefficient (Wildman–Crippen LogP) is 5.76. The monoisotopic (exact) mass is 312 g/mol. The molecule has 0 aliphatic heterocycles. The summed E-state index contributed by atoms with van der Waals surface area (Å²) in [6.45, 7) is 2.22. The zero-order valence-electron chi connectivity index (χ0n) is 12.9. The van der Waals surface area contributed by atoms with Gasteiger partial charge in [0.1, 0.15) is 11.5 Å². The molecule has 0 bridgehead atoms. The van der Waals surface area contributed by atoms with E-state index in [1.807, 2.05) is 0 Å². The van der Waals surface area contributed by atoms with Crippen molar-refractivity contribution in [2.45, 2.75) is 51.6 Å². The molecule has 0 N–H and O–H groups in total. The molecule has 0 saturated heterocycles. The molecule has 3 aliphatic rings. The lowest BCUT2D eigenvalue weighted by molar-refractivity contribution is -0.161. The van der Waals surface area contributed by atoms with Crippen LogP contribution in [0.4, 0.5) is 13.2 Å². The summed E-state index contributed by atoms with van der Waals surface area (Å²) in [6.07, 6.45) is 8.12. The van der Waals surface area contributed by atoms with Gasteiger partial charge >= 0.3 is 6.18 Å². The third-order valence-corrected chi connectivity index (χ3v) is 5.08.